The molecule has 33 heavy (non-hydrogen) atoms. The minimum Gasteiger partial charge on any atom is -0.491 e. The Morgan fingerprint density at radius 1 is 1.39 bits per heavy atom. The van der Waals surface area contributed by atoms with Gasteiger partial charge in [-0.05, 0) is 50.3 Å². The topological polar surface area (TPSA) is 96.4 Å². The summed E-state index contributed by atoms with van der Waals surface area (Å²) in [5.74, 6) is 0.787. The molecule has 2 atom stereocenters. The molecule has 1 aromatic carbocycles. The summed E-state index contributed by atoms with van der Waals surface area (Å²) in [6.07, 6.45) is 10.6. The molecule has 0 spiro atoms. The number of nitrogens with one attached hydrogen (secondary N) is 2. The van der Waals surface area contributed by atoms with Crippen molar-refractivity contribution in [1.82, 2.24) is 10.3 Å². The number of allylic oxidation sites excluding steroid dienone is 3. The first-order chi connectivity index (χ1) is 16.0. The maximum atomic E-state index is 12.0. The van der Waals surface area contributed by atoms with E-state index in [4.69, 9.17) is 14.2 Å². The molecule has 2 aliphatic carbocycles. The number of carbonyl (C=O) groups is 1. The quantitative estimate of drug-likeness (QED) is 0.619. The summed E-state index contributed by atoms with van der Waals surface area (Å²) >= 11 is 0. The van der Waals surface area contributed by atoms with Gasteiger partial charge in [-0.2, -0.15) is 5.26 Å². The summed E-state index contributed by atoms with van der Waals surface area (Å²) in [5, 5.41) is 13.5. The molecule has 0 radical (unpaired) electrons. The summed E-state index contributed by atoms with van der Waals surface area (Å²) in [4.78, 5) is 15.5. The van der Waals surface area contributed by atoms with Gasteiger partial charge in [0.15, 0.2) is 0 Å². The molecule has 1 saturated carbocycles. The minimum atomic E-state index is -0.420. The lowest BCUT2D eigenvalue weighted by Crippen LogP contribution is -2.26. The summed E-state index contributed by atoms with van der Waals surface area (Å²) in [6.45, 7) is 3.92. The van der Waals surface area contributed by atoms with Crippen molar-refractivity contribution in [2.24, 2.45) is 5.41 Å². The maximum absolute atomic E-state index is 12.0. The van der Waals surface area contributed by atoms with Crippen LogP contribution in [-0.4, -0.2) is 37.0 Å². The molecule has 2 heterocycles. The third-order valence-electron chi connectivity index (χ3n) is 6.74. The average molecular weight is 448 g/mol. The first-order valence-corrected chi connectivity index (χ1v) is 11.7. The smallest absolute Gasteiger partial charge is 0.411 e. The van der Waals surface area contributed by atoms with Crippen molar-refractivity contribution >= 4 is 17.0 Å². The molecule has 7 nitrogen and oxygen atoms in total. The van der Waals surface area contributed by atoms with Gasteiger partial charge < -0.3 is 19.2 Å². The lowest BCUT2D eigenvalue weighted by molar-refractivity contribution is 0.0680. The van der Waals surface area contributed by atoms with Crippen molar-refractivity contribution < 1.29 is 19.0 Å². The number of H-pyrrole nitrogens is 1. The zero-order valence-corrected chi connectivity index (χ0v) is 18.9. The van der Waals surface area contributed by atoms with Crippen molar-refractivity contribution in [3.8, 4) is 11.8 Å². The molecule has 3 aliphatic rings. The van der Waals surface area contributed by atoms with Gasteiger partial charge in [0.1, 0.15) is 18.4 Å². The Labute approximate surface area is 193 Å². The van der Waals surface area contributed by atoms with Crippen molar-refractivity contribution in [3.63, 3.8) is 0 Å². The monoisotopic (exact) mass is 447 g/mol. The molecule has 2 unspecified atom stereocenters. The van der Waals surface area contributed by atoms with Gasteiger partial charge in [-0.3, -0.25) is 5.32 Å². The Hall–Kier alpha value is -3.24. The van der Waals surface area contributed by atoms with Crippen LogP contribution in [0.25, 0.3) is 10.9 Å². The number of carbonyl (C=O) groups excluding carboxylic acids is 1. The van der Waals surface area contributed by atoms with Gasteiger partial charge in [-0.1, -0.05) is 19.1 Å². The van der Waals surface area contributed by atoms with Gasteiger partial charge >= 0.3 is 6.09 Å². The molecule has 1 amide bonds. The lowest BCUT2D eigenvalue weighted by atomic mass is 9.93. The first kappa shape index (κ1) is 21.6. The van der Waals surface area contributed by atoms with Crippen LogP contribution in [0, 0.1) is 16.7 Å². The number of alkyl carbamates (subject to hydrolysis) is 1. The SMILES string of the molecule is CC1(COC(=O)NC2=CCC(c3[nH]c4cc(OCC5CCCO5)ccc4c3C#N)C=C2)CC1. The Morgan fingerprint density at radius 3 is 2.97 bits per heavy atom. The molecule has 1 aliphatic heterocycles. The van der Waals surface area contributed by atoms with E-state index in [1.54, 1.807) is 0 Å². The molecule has 7 heteroatoms. The van der Waals surface area contributed by atoms with Crippen molar-refractivity contribution in [2.45, 2.75) is 51.0 Å². The number of aromatic amines is 1. The number of hydrogen-bond donors (Lipinski definition) is 2. The standard InChI is InChI=1S/C26H29N3O4/c1-26(10-11-26)16-33-25(30)28-18-6-4-17(5-7-18)24-22(14-27)21-9-8-19(13-23(21)29-24)32-15-20-3-2-12-31-20/h4,6-9,13,17,20,29H,2-3,5,10-12,15-16H2,1H3,(H,28,30). The Kier molecular flexibility index (Phi) is 5.86. The Morgan fingerprint density at radius 2 is 2.27 bits per heavy atom. The fourth-order valence-electron chi connectivity index (χ4n) is 4.33. The number of rotatable bonds is 7. The lowest BCUT2D eigenvalue weighted by Gasteiger charge is -2.17. The highest BCUT2D eigenvalue weighted by Crippen LogP contribution is 2.45. The molecule has 2 N–H and O–H groups in total. The molecule has 1 aromatic heterocycles. The molecular formula is C26H29N3O4. The normalized spacial score (nSPS) is 23.1. The van der Waals surface area contributed by atoms with Crippen molar-refractivity contribution in [1.29, 1.82) is 5.26 Å². The molecule has 0 bridgehead atoms. The molecular weight excluding hydrogens is 418 g/mol. The van der Waals surface area contributed by atoms with E-state index in [1.165, 1.54) is 0 Å². The zero-order chi connectivity index (χ0) is 22.8. The van der Waals surface area contributed by atoms with Gasteiger partial charge in [-0.25, -0.2) is 4.79 Å². The predicted octanol–water partition coefficient (Wildman–Crippen LogP) is 5.05. The van der Waals surface area contributed by atoms with Crippen LogP contribution < -0.4 is 10.1 Å². The average Bonchev–Trinajstić information content (AvgIpc) is 3.22. The first-order valence-electron chi connectivity index (χ1n) is 11.7. The van der Waals surface area contributed by atoms with E-state index in [0.29, 0.717) is 25.2 Å². The van der Waals surface area contributed by atoms with E-state index in [0.717, 1.165) is 60.3 Å². The molecule has 2 aromatic rings. The van der Waals surface area contributed by atoms with Gasteiger partial charge in [0.2, 0.25) is 0 Å². The predicted molar refractivity (Wildman–Crippen MR) is 124 cm³/mol. The van der Waals surface area contributed by atoms with Crippen LogP contribution in [0.15, 0.2) is 42.1 Å². The maximum Gasteiger partial charge on any atom is 0.411 e. The number of nitriles is 1. The second-order valence-corrected chi connectivity index (χ2v) is 9.55. The largest absolute Gasteiger partial charge is 0.491 e. The van der Waals surface area contributed by atoms with Crippen LogP contribution in [0.5, 0.6) is 5.75 Å². The summed E-state index contributed by atoms with van der Waals surface area (Å²) in [5.41, 5.74) is 3.28. The third-order valence-corrected chi connectivity index (χ3v) is 6.74. The van der Waals surface area contributed by atoms with Crippen LogP contribution in [0.3, 0.4) is 0 Å². The fraction of sp³-hybridized carbons (Fsp3) is 0.462. The number of amides is 1. The van der Waals surface area contributed by atoms with E-state index < -0.39 is 6.09 Å². The Balaban J connectivity index is 1.24. The van der Waals surface area contributed by atoms with Gasteiger partial charge in [0.25, 0.3) is 0 Å². The van der Waals surface area contributed by atoms with Crippen molar-refractivity contribution in [2.75, 3.05) is 19.8 Å². The van der Waals surface area contributed by atoms with E-state index >= 15 is 0 Å². The summed E-state index contributed by atoms with van der Waals surface area (Å²) in [6, 6.07) is 8.14. The second-order valence-electron chi connectivity index (χ2n) is 9.55. The molecule has 172 valence electrons. The van der Waals surface area contributed by atoms with Crippen LogP contribution in [0.2, 0.25) is 0 Å². The summed E-state index contributed by atoms with van der Waals surface area (Å²) < 4.78 is 16.9. The number of ether oxygens (including phenoxy) is 3. The van der Waals surface area contributed by atoms with Crippen molar-refractivity contribution in [3.05, 3.63) is 53.4 Å². The highest BCUT2D eigenvalue weighted by molar-refractivity contribution is 5.88. The van der Waals surface area contributed by atoms with E-state index in [1.807, 2.05) is 36.4 Å². The van der Waals surface area contributed by atoms with Gasteiger partial charge in [0.05, 0.1) is 23.8 Å². The Bertz CT molecular complexity index is 1150. The number of nitrogens with zero attached hydrogens (tertiary/aromatic N) is 1. The van der Waals surface area contributed by atoms with Gasteiger partial charge in [-0.15, -0.1) is 0 Å². The second kappa shape index (κ2) is 8.95. The highest BCUT2D eigenvalue weighted by atomic mass is 16.5. The van der Waals surface area contributed by atoms with E-state index in [2.05, 4.69) is 23.3 Å². The van der Waals surface area contributed by atoms with Crippen LogP contribution >= 0.6 is 0 Å². The number of fused-ring (bicyclic) bond motifs is 1. The summed E-state index contributed by atoms with van der Waals surface area (Å²) in [7, 11) is 0. The van der Waals surface area contributed by atoms with Crippen LogP contribution in [-0.2, 0) is 9.47 Å². The molecule has 1 saturated heterocycles. The van der Waals surface area contributed by atoms with Gasteiger partial charge in [0, 0.05) is 40.8 Å². The zero-order valence-electron chi connectivity index (χ0n) is 18.9. The fourth-order valence-corrected chi connectivity index (χ4v) is 4.33. The molecule has 2 fully saturated rings. The van der Waals surface area contributed by atoms with Crippen LogP contribution in [0.4, 0.5) is 4.79 Å². The van der Waals surface area contributed by atoms with E-state index in [-0.39, 0.29) is 17.4 Å². The van der Waals surface area contributed by atoms with E-state index in [9.17, 15) is 10.1 Å². The number of hydrogen-bond acceptors (Lipinski definition) is 5. The molecule has 5 rings (SSSR count). The number of aromatic nitrogens is 1. The van der Waals surface area contributed by atoms with Crippen LogP contribution in [0.1, 0.15) is 56.2 Å². The highest BCUT2D eigenvalue weighted by Gasteiger charge is 2.38. The minimum absolute atomic E-state index is 0.0234. The third kappa shape index (κ3) is 4.91. The number of benzene rings is 1.